The number of ether oxygens (including phenoxy) is 2. The van der Waals surface area contributed by atoms with E-state index >= 15 is 0 Å². The van der Waals surface area contributed by atoms with Crippen LogP contribution < -0.4 is 4.74 Å². The minimum Gasteiger partial charge on any atom is -0.449 e. The number of hydrogen-bond acceptors (Lipinski definition) is 6. The fourth-order valence-electron chi connectivity index (χ4n) is 5.17. The summed E-state index contributed by atoms with van der Waals surface area (Å²) in [7, 11) is 0. The summed E-state index contributed by atoms with van der Waals surface area (Å²) in [5, 5.41) is 0. The van der Waals surface area contributed by atoms with Gasteiger partial charge in [0.15, 0.2) is 11.9 Å². The molecule has 0 aliphatic rings. The van der Waals surface area contributed by atoms with Crippen molar-refractivity contribution in [2.24, 2.45) is 0 Å². The maximum atomic E-state index is 13.3. The van der Waals surface area contributed by atoms with Crippen LogP contribution in [0.1, 0.15) is 129 Å². The Labute approximate surface area is 271 Å². The van der Waals surface area contributed by atoms with E-state index in [1.807, 2.05) is 12.4 Å². The monoisotopic (exact) mass is 640 g/mol. The first-order valence-corrected chi connectivity index (χ1v) is 16.6. The highest BCUT2D eigenvalue weighted by molar-refractivity contribution is 5.93. The molecular weight excluding hydrogens is 593 g/mol. The SMILES string of the molecule is CCCCCCCCCCCCc1cnc(-c2ccc(C(=O)Oc3ccc(C(=O)O[C@@H](CCCC)C(F)(F)F)c(C)c3)cc2)nc1. The Morgan fingerprint density at radius 1 is 0.761 bits per heavy atom. The van der Waals surface area contributed by atoms with E-state index < -0.39 is 24.2 Å². The maximum absolute atomic E-state index is 13.3. The molecule has 0 aliphatic carbocycles. The maximum Gasteiger partial charge on any atom is 0.425 e. The summed E-state index contributed by atoms with van der Waals surface area (Å²) >= 11 is 0. The van der Waals surface area contributed by atoms with Crippen LogP contribution in [-0.4, -0.2) is 34.2 Å². The Morgan fingerprint density at radius 2 is 1.35 bits per heavy atom. The molecule has 0 spiro atoms. The van der Waals surface area contributed by atoms with Crippen molar-refractivity contribution in [1.82, 2.24) is 9.97 Å². The molecule has 0 saturated carbocycles. The minimum atomic E-state index is -4.65. The van der Waals surface area contributed by atoms with Crippen LogP contribution in [0.3, 0.4) is 0 Å². The van der Waals surface area contributed by atoms with Crippen LogP contribution in [0, 0.1) is 6.92 Å². The summed E-state index contributed by atoms with van der Waals surface area (Å²) in [6.45, 7) is 5.55. The minimum absolute atomic E-state index is 0.0237. The second kappa shape index (κ2) is 19.0. The number of carbonyl (C=O) groups is 2. The summed E-state index contributed by atoms with van der Waals surface area (Å²) < 4.78 is 50.1. The van der Waals surface area contributed by atoms with Crippen molar-refractivity contribution in [3.8, 4) is 17.1 Å². The predicted octanol–water partition coefficient (Wildman–Crippen LogP) is 10.4. The van der Waals surface area contributed by atoms with Crippen molar-refractivity contribution in [1.29, 1.82) is 0 Å². The molecule has 6 nitrogen and oxygen atoms in total. The van der Waals surface area contributed by atoms with Gasteiger partial charge in [-0.2, -0.15) is 13.2 Å². The third-order valence-electron chi connectivity index (χ3n) is 7.97. The molecule has 0 amide bonds. The number of benzene rings is 2. The van der Waals surface area contributed by atoms with Gasteiger partial charge in [0.2, 0.25) is 0 Å². The summed E-state index contributed by atoms with van der Waals surface area (Å²) in [4.78, 5) is 34.3. The fraction of sp³-hybridized carbons (Fsp3) is 0.514. The van der Waals surface area contributed by atoms with Crippen LogP contribution in [0.4, 0.5) is 13.2 Å². The van der Waals surface area contributed by atoms with Gasteiger partial charge in [0, 0.05) is 18.0 Å². The highest BCUT2D eigenvalue weighted by Gasteiger charge is 2.42. The van der Waals surface area contributed by atoms with E-state index in [1.165, 1.54) is 76.0 Å². The summed E-state index contributed by atoms with van der Waals surface area (Å²) in [6.07, 6.45) is 11.3. The number of aromatic nitrogens is 2. The number of hydrogen-bond donors (Lipinski definition) is 0. The topological polar surface area (TPSA) is 78.4 Å². The van der Waals surface area contributed by atoms with Gasteiger partial charge in [0.1, 0.15) is 5.75 Å². The molecule has 0 radical (unpaired) electrons. The van der Waals surface area contributed by atoms with Crippen molar-refractivity contribution in [3.63, 3.8) is 0 Å². The predicted molar refractivity (Wildman–Crippen MR) is 174 cm³/mol. The average Bonchev–Trinajstić information content (AvgIpc) is 3.03. The number of unbranched alkanes of at least 4 members (excludes halogenated alkanes) is 10. The Kier molecular flexibility index (Phi) is 15.2. The third kappa shape index (κ3) is 12.2. The van der Waals surface area contributed by atoms with E-state index in [2.05, 4.69) is 16.9 Å². The van der Waals surface area contributed by atoms with Gasteiger partial charge < -0.3 is 9.47 Å². The number of nitrogens with zero attached hydrogens (tertiary/aromatic N) is 2. The largest absolute Gasteiger partial charge is 0.449 e. The van der Waals surface area contributed by atoms with Crippen LogP contribution in [-0.2, 0) is 11.2 Å². The smallest absolute Gasteiger partial charge is 0.425 e. The molecule has 2 aromatic carbocycles. The average molecular weight is 641 g/mol. The second-order valence-corrected chi connectivity index (χ2v) is 11.9. The zero-order valence-electron chi connectivity index (χ0n) is 27.3. The van der Waals surface area contributed by atoms with Gasteiger partial charge in [-0.05, 0) is 74.1 Å². The molecule has 0 bridgehead atoms. The van der Waals surface area contributed by atoms with Gasteiger partial charge in [0.25, 0.3) is 0 Å². The van der Waals surface area contributed by atoms with E-state index in [9.17, 15) is 22.8 Å². The Bertz CT molecular complexity index is 1360. The molecule has 250 valence electrons. The van der Waals surface area contributed by atoms with Crippen LogP contribution >= 0.6 is 0 Å². The van der Waals surface area contributed by atoms with E-state index in [1.54, 1.807) is 38.1 Å². The van der Waals surface area contributed by atoms with Crippen molar-refractivity contribution in [2.75, 3.05) is 0 Å². The van der Waals surface area contributed by atoms with Gasteiger partial charge in [-0.1, -0.05) is 90.2 Å². The molecule has 1 aromatic heterocycles. The number of carbonyl (C=O) groups excluding carboxylic acids is 2. The normalized spacial score (nSPS) is 12.1. The number of rotatable bonds is 19. The lowest BCUT2D eigenvalue weighted by atomic mass is 10.0. The zero-order chi connectivity index (χ0) is 33.4. The van der Waals surface area contributed by atoms with Crippen molar-refractivity contribution < 1.29 is 32.2 Å². The molecule has 0 N–H and O–H groups in total. The van der Waals surface area contributed by atoms with Gasteiger partial charge >= 0.3 is 18.1 Å². The van der Waals surface area contributed by atoms with E-state index in [-0.39, 0.29) is 24.2 Å². The molecule has 3 rings (SSSR count). The van der Waals surface area contributed by atoms with E-state index in [4.69, 9.17) is 9.47 Å². The van der Waals surface area contributed by atoms with Gasteiger partial charge in [0.05, 0.1) is 11.1 Å². The van der Waals surface area contributed by atoms with Crippen molar-refractivity contribution in [3.05, 3.63) is 77.1 Å². The Hall–Kier alpha value is -3.75. The van der Waals surface area contributed by atoms with Crippen LogP contribution in [0.5, 0.6) is 5.75 Å². The quantitative estimate of drug-likeness (QED) is 0.0737. The molecule has 0 fully saturated rings. The molecule has 1 heterocycles. The van der Waals surface area contributed by atoms with Crippen molar-refractivity contribution >= 4 is 11.9 Å². The van der Waals surface area contributed by atoms with Crippen LogP contribution in [0.2, 0.25) is 0 Å². The van der Waals surface area contributed by atoms with Crippen LogP contribution in [0.25, 0.3) is 11.4 Å². The van der Waals surface area contributed by atoms with E-state index in [0.29, 0.717) is 23.4 Å². The first-order chi connectivity index (χ1) is 22.1. The second-order valence-electron chi connectivity index (χ2n) is 11.9. The molecule has 0 unspecified atom stereocenters. The third-order valence-corrected chi connectivity index (χ3v) is 7.97. The number of halogens is 3. The van der Waals surface area contributed by atoms with Crippen molar-refractivity contribution in [2.45, 2.75) is 123 Å². The Balaban J connectivity index is 1.47. The number of esters is 2. The fourth-order valence-corrected chi connectivity index (χ4v) is 5.17. The number of alkyl halides is 3. The molecule has 0 saturated heterocycles. The zero-order valence-corrected chi connectivity index (χ0v) is 27.3. The lowest BCUT2D eigenvalue weighted by Crippen LogP contribution is -2.34. The highest BCUT2D eigenvalue weighted by atomic mass is 19.4. The molecule has 3 aromatic rings. The van der Waals surface area contributed by atoms with E-state index in [0.717, 1.165) is 24.0 Å². The molecule has 46 heavy (non-hydrogen) atoms. The summed E-state index contributed by atoms with van der Waals surface area (Å²) in [6, 6.07) is 10.8. The summed E-state index contributed by atoms with van der Waals surface area (Å²) in [5.74, 6) is -0.973. The standard InChI is InChI=1S/C37H47F3N2O4/c1-4-6-8-9-10-11-12-13-14-15-16-28-25-41-34(42-26-28)29-18-20-30(21-19-29)35(43)45-31-22-23-32(27(3)24-31)36(44)46-33(17-7-5-2)37(38,39)40/h18-26,33H,4-17H2,1-3H3/t33-/m0/s1. The lowest BCUT2D eigenvalue weighted by Gasteiger charge is -2.21. The molecule has 0 aliphatic heterocycles. The first kappa shape index (κ1) is 36.7. The summed E-state index contributed by atoms with van der Waals surface area (Å²) in [5.41, 5.74) is 2.47. The van der Waals surface area contributed by atoms with Gasteiger partial charge in [-0.15, -0.1) is 0 Å². The van der Waals surface area contributed by atoms with Gasteiger partial charge in [-0.3, -0.25) is 0 Å². The molecule has 9 heteroatoms. The number of aryl methyl sites for hydroxylation is 2. The Morgan fingerprint density at radius 3 is 1.91 bits per heavy atom. The molecule has 1 atom stereocenters. The van der Waals surface area contributed by atoms with Crippen LogP contribution in [0.15, 0.2) is 54.9 Å². The lowest BCUT2D eigenvalue weighted by molar-refractivity contribution is -0.206. The van der Waals surface area contributed by atoms with Gasteiger partial charge in [-0.25, -0.2) is 19.6 Å². The first-order valence-electron chi connectivity index (χ1n) is 16.6. The highest BCUT2D eigenvalue weighted by Crippen LogP contribution is 2.29. The molecular formula is C37H47F3N2O4.